The van der Waals surface area contributed by atoms with Gasteiger partial charge < -0.3 is 20.4 Å². The highest BCUT2D eigenvalue weighted by Gasteiger charge is 2.31. The maximum atomic E-state index is 5.86. The fourth-order valence-corrected chi connectivity index (χ4v) is 3.33. The molecule has 1 aromatic carbocycles. The highest BCUT2D eigenvalue weighted by Crippen LogP contribution is 2.40. The number of para-hydroxylation sites is 1. The molecule has 1 atom stereocenters. The standard InChI is InChI=1S/C16H18N6O/c1-23-12-7-3-2-5-10(12)11-6-4-8-22(11)15-13-14(19-9-18-13)20-16(17)21-15/h2-3,5,7,9,11H,4,6,8H2,1H3,(H3,17,18,19,20,21)/t11-/m0/s1. The number of fused-ring (bicyclic) bond motifs is 1. The summed E-state index contributed by atoms with van der Waals surface area (Å²) < 4.78 is 5.53. The Balaban J connectivity index is 1.82. The Morgan fingerprint density at radius 3 is 3.04 bits per heavy atom. The Bertz CT molecular complexity index is 845. The predicted octanol–water partition coefficient (Wildman–Crippen LogP) is 2.29. The minimum atomic E-state index is 0.201. The summed E-state index contributed by atoms with van der Waals surface area (Å²) in [6, 6.07) is 8.32. The molecule has 0 spiro atoms. The van der Waals surface area contributed by atoms with Crippen molar-refractivity contribution in [2.24, 2.45) is 0 Å². The lowest BCUT2D eigenvalue weighted by Gasteiger charge is -2.27. The van der Waals surface area contributed by atoms with Crippen LogP contribution in [0.3, 0.4) is 0 Å². The van der Waals surface area contributed by atoms with Gasteiger partial charge in [0.25, 0.3) is 0 Å². The van der Waals surface area contributed by atoms with Crippen LogP contribution in [0, 0.1) is 0 Å². The van der Waals surface area contributed by atoms with Crippen molar-refractivity contribution < 1.29 is 4.74 Å². The van der Waals surface area contributed by atoms with E-state index >= 15 is 0 Å². The van der Waals surface area contributed by atoms with Crippen molar-refractivity contribution >= 4 is 22.9 Å². The summed E-state index contributed by atoms with van der Waals surface area (Å²) in [5.41, 5.74) is 8.44. The van der Waals surface area contributed by atoms with Gasteiger partial charge in [0.2, 0.25) is 5.95 Å². The van der Waals surface area contributed by atoms with Crippen LogP contribution >= 0.6 is 0 Å². The first-order valence-electron chi connectivity index (χ1n) is 7.64. The lowest BCUT2D eigenvalue weighted by atomic mass is 10.0. The Hall–Kier alpha value is -2.83. The summed E-state index contributed by atoms with van der Waals surface area (Å²) in [7, 11) is 1.70. The number of nitrogens with zero attached hydrogens (tertiary/aromatic N) is 4. The number of H-pyrrole nitrogens is 1. The quantitative estimate of drug-likeness (QED) is 0.771. The Morgan fingerprint density at radius 1 is 1.30 bits per heavy atom. The number of aromatic amines is 1. The summed E-state index contributed by atoms with van der Waals surface area (Å²) in [6.45, 7) is 0.910. The third-order valence-corrected chi connectivity index (χ3v) is 4.31. The normalized spacial score (nSPS) is 17.8. The van der Waals surface area contributed by atoms with Crippen LogP contribution in [-0.2, 0) is 0 Å². The summed E-state index contributed by atoms with van der Waals surface area (Å²) in [4.78, 5) is 18.2. The van der Waals surface area contributed by atoms with E-state index in [4.69, 9.17) is 10.5 Å². The van der Waals surface area contributed by atoms with E-state index in [1.165, 1.54) is 0 Å². The molecule has 1 fully saturated rings. The van der Waals surface area contributed by atoms with Gasteiger partial charge >= 0.3 is 0 Å². The molecule has 1 saturated heterocycles. The zero-order chi connectivity index (χ0) is 15.8. The minimum absolute atomic E-state index is 0.201. The number of nitrogens with two attached hydrogens (primary N) is 1. The lowest BCUT2D eigenvalue weighted by molar-refractivity contribution is 0.405. The second kappa shape index (κ2) is 5.42. The minimum Gasteiger partial charge on any atom is -0.496 e. The van der Waals surface area contributed by atoms with E-state index < -0.39 is 0 Å². The smallest absolute Gasteiger partial charge is 0.224 e. The third kappa shape index (κ3) is 2.25. The maximum absolute atomic E-state index is 5.86. The van der Waals surface area contributed by atoms with Crippen molar-refractivity contribution in [3.63, 3.8) is 0 Å². The van der Waals surface area contributed by atoms with Gasteiger partial charge in [0, 0.05) is 12.1 Å². The van der Waals surface area contributed by atoms with E-state index in [1.54, 1.807) is 13.4 Å². The highest BCUT2D eigenvalue weighted by atomic mass is 16.5. The molecule has 0 aliphatic carbocycles. The van der Waals surface area contributed by atoms with E-state index in [1.807, 2.05) is 18.2 Å². The lowest BCUT2D eigenvalue weighted by Crippen LogP contribution is -2.24. The number of hydrogen-bond donors (Lipinski definition) is 2. The summed E-state index contributed by atoms with van der Waals surface area (Å²) in [6.07, 6.45) is 3.75. The molecule has 0 saturated carbocycles. The maximum Gasteiger partial charge on any atom is 0.224 e. The van der Waals surface area contributed by atoms with Gasteiger partial charge in [-0.05, 0) is 18.9 Å². The average Bonchev–Trinajstić information content (AvgIpc) is 3.22. The first-order chi connectivity index (χ1) is 11.3. The van der Waals surface area contributed by atoms with Crippen molar-refractivity contribution in [3.05, 3.63) is 36.2 Å². The number of aromatic nitrogens is 4. The Morgan fingerprint density at radius 2 is 2.17 bits per heavy atom. The molecule has 4 rings (SSSR count). The van der Waals surface area contributed by atoms with Crippen molar-refractivity contribution in [2.75, 3.05) is 24.3 Å². The van der Waals surface area contributed by atoms with Crippen LogP contribution < -0.4 is 15.4 Å². The Kier molecular flexibility index (Phi) is 3.25. The van der Waals surface area contributed by atoms with E-state index in [9.17, 15) is 0 Å². The topological polar surface area (TPSA) is 92.9 Å². The molecule has 7 nitrogen and oxygen atoms in total. The molecule has 1 aliphatic rings. The van der Waals surface area contributed by atoms with E-state index in [2.05, 4.69) is 30.9 Å². The number of rotatable bonds is 3. The highest BCUT2D eigenvalue weighted by molar-refractivity contribution is 5.84. The summed E-state index contributed by atoms with van der Waals surface area (Å²) in [5.74, 6) is 1.94. The predicted molar refractivity (Wildman–Crippen MR) is 88.4 cm³/mol. The van der Waals surface area contributed by atoms with Gasteiger partial charge in [0.05, 0.1) is 19.5 Å². The van der Waals surface area contributed by atoms with Crippen LogP contribution in [0.2, 0.25) is 0 Å². The van der Waals surface area contributed by atoms with Crippen molar-refractivity contribution in [1.29, 1.82) is 0 Å². The fraction of sp³-hybridized carbons (Fsp3) is 0.312. The van der Waals surface area contributed by atoms with Gasteiger partial charge in [-0.1, -0.05) is 18.2 Å². The Labute approximate surface area is 133 Å². The summed E-state index contributed by atoms with van der Waals surface area (Å²) in [5, 5.41) is 0. The zero-order valence-electron chi connectivity index (χ0n) is 12.9. The zero-order valence-corrected chi connectivity index (χ0v) is 12.9. The number of nitrogen functional groups attached to an aromatic ring is 1. The van der Waals surface area contributed by atoms with Gasteiger partial charge in [0.15, 0.2) is 11.5 Å². The third-order valence-electron chi connectivity index (χ3n) is 4.31. The SMILES string of the molecule is COc1ccccc1[C@@H]1CCCN1c1nc(N)nc2nc[nH]c12. The van der Waals surface area contributed by atoms with E-state index in [-0.39, 0.29) is 12.0 Å². The first-order valence-corrected chi connectivity index (χ1v) is 7.64. The molecule has 0 unspecified atom stereocenters. The van der Waals surface area contributed by atoms with E-state index in [0.717, 1.165) is 42.0 Å². The molecule has 0 amide bonds. The molecule has 0 radical (unpaired) electrons. The van der Waals surface area contributed by atoms with Crippen molar-refractivity contribution in [1.82, 2.24) is 19.9 Å². The number of methoxy groups -OCH3 is 1. The van der Waals surface area contributed by atoms with Crippen LogP contribution in [0.25, 0.3) is 11.2 Å². The van der Waals surface area contributed by atoms with Crippen LogP contribution in [0.5, 0.6) is 5.75 Å². The molecular weight excluding hydrogens is 292 g/mol. The van der Waals surface area contributed by atoms with E-state index in [0.29, 0.717) is 5.65 Å². The van der Waals surface area contributed by atoms with Crippen LogP contribution in [0.15, 0.2) is 30.6 Å². The van der Waals surface area contributed by atoms with Crippen molar-refractivity contribution in [3.8, 4) is 5.75 Å². The molecule has 3 aromatic rings. The molecule has 2 aromatic heterocycles. The number of hydrogen-bond acceptors (Lipinski definition) is 6. The number of benzene rings is 1. The average molecular weight is 310 g/mol. The number of nitrogens with one attached hydrogen (secondary N) is 1. The summed E-state index contributed by atoms with van der Waals surface area (Å²) >= 11 is 0. The molecule has 23 heavy (non-hydrogen) atoms. The molecule has 1 aliphatic heterocycles. The molecule has 3 N–H and O–H groups in total. The number of ether oxygens (including phenoxy) is 1. The largest absolute Gasteiger partial charge is 0.496 e. The number of anilines is 2. The first kappa shape index (κ1) is 13.8. The molecular formula is C16H18N6O. The molecule has 7 heteroatoms. The second-order valence-corrected chi connectivity index (χ2v) is 5.60. The van der Waals surface area contributed by atoms with Gasteiger partial charge in [-0.25, -0.2) is 4.98 Å². The molecule has 118 valence electrons. The van der Waals surface area contributed by atoms with Crippen molar-refractivity contribution in [2.45, 2.75) is 18.9 Å². The van der Waals surface area contributed by atoms with Gasteiger partial charge in [-0.2, -0.15) is 9.97 Å². The molecule has 3 heterocycles. The van der Waals surface area contributed by atoms with Crippen LogP contribution in [-0.4, -0.2) is 33.6 Å². The van der Waals surface area contributed by atoms with Gasteiger partial charge in [0.1, 0.15) is 11.3 Å². The number of imidazole rings is 1. The molecule has 0 bridgehead atoms. The monoisotopic (exact) mass is 310 g/mol. The van der Waals surface area contributed by atoms with Gasteiger partial charge in [-0.3, -0.25) is 0 Å². The van der Waals surface area contributed by atoms with Crippen LogP contribution in [0.1, 0.15) is 24.4 Å². The second-order valence-electron chi connectivity index (χ2n) is 5.60. The van der Waals surface area contributed by atoms with Crippen LogP contribution in [0.4, 0.5) is 11.8 Å². The fourth-order valence-electron chi connectivity index (χ4n) is 3.33. The van der Waals surface area contributed by atoms with Gasteiger partial charge in [-0.15, -0.1) is 0 Å².